The third-order valence-electron chi connectivity index (χ3n) is 4.94. The molecule has 154 valence electrons. The molecule has 1 aromatic carbocycles. The van der Waals surface area contributed by atoms with Crippen molar-refractivity contribution in [3.05, 3.63) is 64.6 Å². The number of rotatable bonds is 6. The first-order valence-electron chi connectivity index (χ1n) is 9.65. The molecule has 0 saturated carbocycles. The number of imidazole rings is 1. The Morgan fingerprint density at radius 2 is 2.00 bits per heavy atom. The first kappa shape index (κ1) is 19.9. The Balaban J connectivity index is 1.45. The summed E-state index contributed by atoms with van der Waals surface area (Å²) in [5, 5.41) is 9.60. The van der Waals surface area contributed by atoms with Crippen molar-refractivity contribution in [2.45, 2.75) is 19.9 Å². The number of aryl methyl sites for hydroxylation is 1. The summed E-state index contributed by atoms with van der Waals surface area (Å²) in [6.07, 6.45) is 4.62. The molecule has 3 heterocycles. The largest absolute Gasteiger partial charge is 0.347 e. The minimum absolute atomic E-state index is 0.194. The van der Waals surface area contributed by atoms with Gasteiger partial charge in [0.15, 0.2) is 0 Å². The molecule has 0 atom stereocenters. The van der Waals surface area contributed by atoms with Gasteiger partial charge in [-0.15, -0.1) is 0 Å². The number of amides is 2. The molecule has 30 heavy (non-hydrogen) atoms. The number of fused-ring (bicyclic) bond motifs is 1. The normalized spacial score (nSPS) is 13.7. The zero-order valence-corrected chi connectivity index (χ0v) is 17.2. The van der Waals surface area contributed by atoms with E-state index >= 15 is 0 Å². The maximum atomic E-state index is 12.9. The molecule has 1 aliphatic heterocycles. The number of anilines is 1. The zero-order valence-electron chi connectivity index (χ0n) is 16.5. The molecular weight excluding hydrogens is 404 g/mol. The number of hydrogen-bond acceptors (Lipinski definition) is 5. The number of nitrogens with one attached hydrogen (secondary N) is 1. The maximum Gasteiger partial charge on any atom is 0.270 e. The third kappa shape index (κ3) is 3.99. The highest BCUT2D eigenvalue weighted by molar-refractivity contribution is 6.30. The van der Waals surface area contributed by atoms with Gasteiger partial charge in [-0.3, -0.25) is 19.0 Å². The highest BCUT2D eigenvalue weighted by Crippen LogP contribution is 2.19. The minimum Gasteiger partial charge on any atom is -0.347 e. The maximum absolute atomic E-state index is 12.9. The van der Waals surface area contributed by atoms with Crippen LogP contribution in [0, 0.1) is 0 Å². The van der Waals surface area contributed by atoms with Crippen LogP contribution in [0.4, 0.5) is 5.69 Å². The van der Waals surface area contributed by atoms with Crippen molar-refractivity contribution < 1.29 is 9.59 Å². The molecule has 1 N–H and O–H groups in total. The van der Waals surface area contributed by atoms with E-state index in [0.717, 1.165) is 23.4 Å². The molecule has 0 bridgehead atoms. The Hall–Kier alpha value is -3.39. The number of pyridine rings is 1. The van der Waals surface area contributed by atoms with E-state index in [9.17, 15) is 9.59 Å². The van der Waals surface area contributed by atoms with Crippen LogP contribution in [0.25, 0.3) is 5.65 Å². The first-order chi connectivity index (χ1) is 14.6. The van der Waals surface area contributed by atoms with Gasteiger partial charge in [0.1, 0.15) is 17.7 Å². The molecule has 0 radical (unpaired) electrons. The Bertz CT molecular complexity index is 1110. The molecule has 4 rings (SSSR count). The van der Waals surface area contributed by atoms with Gasteiger partial charge in [0, 0.05) is 19.3 Å². The quantitative estimate of drug-likeness (QED) is 0.617. The third-order valence-corrected chi connectivity index (χ3v) is 5.16. The highest BCUT2D eigenvalue weighted by Gasteiger charge is 2.18. The molecule has 0 spiro atoms. The average Bonchev–Trinajstić information content (AvgIpc) is 3.15. The lowest BCUT2D eigenvalue weighted by Gasteiger charge is -2.26. The minimum atomic E-state index is -0.194. The van der Waals surface area contributed by atoms with E-state index in [1.807, 2.05) is 36.2 Å². The summed E-state index contributed by atoms with van der Waals surface area (Å²) in [7, 11) is 0. The molecule has 1 aliphatic rings. The summed E-state index contributed by atoms with van der Waals surface area (Å²) in [6, 6.07) is 11.3. The fourth-order valence-electron chi connectivity index (χ4n) is 3.34. The second-order valence-corrected chi connectivity index (χ2v) is 7.32. The van der Waals surface area contributed by atoms with Crippen LogP contribution in [0.15, 0.2) is 47.7 Å². The number of carbonyl (C=O) groups excluding carboxylic acids is 2. The number of aromatic nitrogens is 2. The van der Waals surface area contributed by atoms with E-state index in [2.05, 4.69) is 15.4 Å². The molecule has 9 heteroatoms. The first-order valence-corrected chi connectivity index (χ1v) is 10.0. The van der Waals surface area contributed by atoms with Gasteiger partial charge in [0.25, 0.3) is 5.91 Å². The van der Waals surface area contributed by atoms with Crippen LogP contribution in [0.3, 0.4) is 0 Å². The second-order valence-electron chi connectivity index (χ2n) is 6.88. The lowest BCUT2D eigenvalue weighted by atomic mass is 10.2. The molecule has 0 aliphatic carbocycles. The van der Waals surface area contributed by atoms with Gasteiger partial charge in [0.05, 0.1) is 22.9 Å². The predicted molar refractivity (Wildman–Crippen MR) is 116 cm³/mol. The number of benzene rings is 1. The highest BCUT2D eigenvalue weighted by atomic mass is 35.5. The standard InChI is InChI=1S/C21H21ClN6O2/c1-2-18-20(27-12-16(22)5-8-19(27)25-18)21(30)23-11-15-3-6-17(7-4-15)28-10-9-26(14-29)13-24-28/h3-8,12-14H,2,9-11H2,1H3,(H,23,30). The van der Waals surface area contributed by atoms with Gasteiger partial charge in [-0.05, 0) is 36.2 Å². The molecular formula is C21H21ClN6O2. The van der Waals surface area contributed by atoms with Crippen LogP contribution in [-0.4, -0.2) is 46.0 Å². The van der Waals surface area contributed by atoms with Gasteiger partial charge < -0.3 is 10.2 Å². The zero-order chi connectivity index (χ0) is 21.1. The van der Waals surface area contributed by atoms with E-state index in [4.69, 9.17) is 11.6 Å². The fourth-order valence-corrected chi connectivity index (χ4v) is 3.50. The number of hydrazone groups is 1. The average molecular weight is 425 g/mol. The van der Waals surface area contributed by atoms with Crippen molar-refractivity contribution in [1.82, 2.24) is 19.6 Å². The van der Waals surface area contributed by atoms with E-state index in [-0.39, 0.29) is 5.91 Å². The van der Waals surface area contributed by atoms with Crippen molar-refractivity contribution >= 4 is 41.6 Å². The molecule has 0 unspecified atom stereocenters. The van der Waals surface area contributed by atoms with Crippen molar-refractivity contribution in [3.63, 3.8) is 0 Å². The lowest BCUT2D eigenvalue weighted by Crippen LogP contribution is -2.36. The van der Waals surface area contributed by atoms with Crippen molar-refractivity contribution in [2.75, 3.05) is 18.1 Å². The van der Waals surface area contributed by atoms with Crippen molar-refractivity contribution in [1.29, 1.82) is 0 Å². The number of halogens is 1. The summed E-state index contributed by atoms with van der Waals surface area (Å²) >= 11 is 6.10. The summed E-state index contributed by atoms with van der Waals surface area (Å²) in [6.45, 7) is 3.57. The number of nitrogens with zero attached hydrogens (tertiary/aromatic N) is 5. The van der Waals surface area contributed by atoms with Crippen molar-refractivity contribution in [3.8, 4) is 0 Å². The Kier molecular flexibility index (Phi) is 5.67. The molecule has 2 amide bonds. The summed E-state index contributed by atoms with van der Waals surface area (Å²) < 4.78 is 1.73. The summed E-state index contributed by atoms with van der Waals surface area (Å²) in [5.41, 5.74) is 3.83. The fraction of sp³-hybridized carbons (Fsp3) is 0.238. The van der Waals surface area contributed by atoms with E-state index < -0.39 is 0 Å². The summed E-state index contributed by atoms with van der Waals surface area (Å²) in [4.78, 5) is 29.7. The van der Waals surface area contributed by atoms with Gasteiger partial charge in [0.2, 0.25) is 6.41 Å². The van der Waals surface area contributed by atoms with Crippen LogP contribution >= 0.6 is 11.6 Å². The number of hydrogen-bond donors (Lipinski definition) is 1. The Morgan fingerprint density at radius 1 is 1.20 bits per heavy atom. The van der Waals surface area contributed by atoms with Gasteiger partial charge >= 0.3 is 0 Å². The predicted octanol–water partition coefficient (Wildman–Crippen LogP) is 2.70. The SMILES string of the molecule is CCc1nc2ccc(Cl)cn2c1C(=O)NCc1ccc(N2CCN(C=O)C=N2)cc1. The molecule has 8 nitrogen and oxygen atoms in total. The topological polar surface area (TPSA) is 82.3 Å². The Morgan fingerprint density at radius 3 is 2.67 bits per heavy atom. The Labute approximate surface area is 178 Å². The van der Waals surface area contributed by atoms with Crippen LogP contribution < -0.4 is 10.3 Å². The van der Waals surface area contributed by atoms with Crippen LogP contribution in [-0.2, 0) is 17.8 Å². The van der Waals surface area contributed by atoms with E-state index in [1.165, 1.54) is 11.2 Å². The number of carbonyl (C=O) groups is 2. The van der Waals surface area contributed by atoms with Crippen LogP contribution in [0.2, 0.25) is 5.02 Å². The molecule has 2 aromatic heterocycles. The van der Waals surface area contributed by atoms with E-state index in [1.54, 1.807) is 22.7 Å². The van der Waals surface area contributed by atoms with E-state index in [0.29, 0.717) is 42.4 Å². The molecule has 0 saturated heterocycles. The van der Waals surface area contributed by atoms with Gasteiger partial charge in [-0.2, -0.15) is 5.10 Å². The van der Waals surface area contributed by atoms with Crippen LogP contribution in [0.1, 0.15) is 28.7 Å². The molecule has 0 fully saturated rings. The second kappa shape index (κ2) is 8.54. The smallest absolute Gasteiger partial charge is 0.270 e. The molecule has 3 aromatic rings. The van der Waals surface area contributed by atoms with Gasteiger partial charge in [-0.1, -0.05) is 30.7 Å². The monoisotopic (exact) mass is 424 g/mol. The lowest BCUT2D eigenvalue weighted by molar-refractivity contribution is -0.114. The summed E-state index contributed by atoms with van der Waals surface area (Å²) in [5.74, 6) is -0.194. The van der Waals surface area contributed by atoms with Gasteiger partial charge in [-0.25, -0.2) is 4.98 Å². The van der Waals surface area contributed by atoms with Crippen LogP contribution in [0.5, 0.6) is 0 Å². The van der Waals surface area contributed by atoms with Crippen molar-refractivity contribution in [2.24, 2.45) is 5.10 Å².